The highest BCUT2D eigenvalue weighted by Crippen LogP contribution is 2.14. The molecule has 2 aromatic rings. The molecule has 0 fully saturated rings. The molecule has 0 aliphatic carbocycles. The van der Waals surface area contributed by atoms with Crippen LogP contribution in [0.5, 0.6) is 5.75 Å². The monoisotopic (exact) mass is 290 g/mol. The molecule has 2 nitrogen and oxygen atoms in total. The number of ketones is 1. The number of rotatable bonds is 6. The first-order chi connectivity index (χ1) is 10.1. The highest BCUT2D eigenvalue weighted by atomic mass is 19.2. The predicted molar refractivity (Wildman–Crippen MR) is 76.4 cm³/mol. The average Bonchev–Trinajstić information content (AvgIpc) is 2.49. The Kier molecular flexibility index (Phi) is 5.04. The second-order valence-corrected chi connectivity index (χ2v) is 4.81. The second kappa shape index (κ2) is 6.97. The van der Waals surface area contributed by atoms with Crippen LogP contribution in [0, 0.1) is 11.6 Å². The van der Waals surface area contributed by atoms with Crippen molar-refractivity contribution in [3.05, 3.63) is 65.2 Å². The van der Waals surface area contributed by atoms with Gasteiger partial charge in [0, 0.05) is 12.8 Å². The van der Waals surface area contributed by atoms with Crippen molar-refractivity contribution < 1.29 is 18.3 Å². The van der Waals surface area contributed by atoms with Gasteiger partial charge in [0.1, 0.15) is 11.5 Å². The van der Waals surface area contributed by atoms with Crippen LogP contribution in [0.25, 0.3) is 0 Å². The minimum absolute atomic E-state index is 0.00294. The summed E-state index contributed by atoms with van der Waals surface area (Å²) < 4.78 is 30.9. The van der Waals surface area contributed by atoms with Crippen molar-refractivity contribution in [1.82, 2.24) is 0 Å². The fraction of sp³-hybridized carbons (Fsp3) is 0.235. The lowest BCUT2D eigenvalue weighted by Gasteiger charge is -2.04. The Labute approximate surface area is 122 Å². The summed E-state index contributed by atoms with van der Waals surface area (Å²) in [5.41, 5.74) is 1.53. The van der Waals surface area contributed by atoms with Crippen molar-refractivity contribution in [2.75, 3.05) is 7.11 Å². The van der Waals surface area contributed by atoms with Gasteiger partial charge in [-0.3, -0.25) is 4.79 Å². The normalized spacial score (nSPS) is 10.4. The fourth-order valence-electron chi connectivity index (χ4n) is 2.04. The number of carbonyl (C=O) groups is 1. The number of carbonyl (C=O) groups excluding carboxylic acids is 1. The Balaban J connectivity index is 1.87. The van der Waals surface area contributed by atoms with E-state index in [2.05, 4.69) is 0 Å². The van der Waals surface area contributed by atoms with E-state index in [4.69, 9.17) is 4.74 Å². The zero-order chi connectivity index (χ0) is 15.2. The quantitative estimate of drug-likeness (QED) is 0.810. The molecule has 2 rings (SSSR count). The molecule has 4 heteroatoms. The van der Waals surface area contributed by atoms with Crippen LogP contribution in [0.2, 0.25) is 0 Å². The summed E-state index contributed by atoms with van der Waals surface area (Å²) in [6.07, 6.45) is 1.10. The van der Waals surface area contributed by atoms with Crippen LogP contribution in [0.4, 0.5) is 8.78 Å². The lowest BCUT2D eigenvalue weighted by Crippen LogP contribution is -2.05. The molecule has 0 aliphatic rings. The van der Waals surface area contributed by atoms with Crippen molar-refractivity contribution in [3.63, 3.8) is 0 Å². The van der Waals surface area contributed by atoms with Crippen LogP contribution in [-0.2, 0) is 17.6 Å². The number of aryl methyl sites for hydroxylation is 1. The highest BCUT2D eigenvalue weighted by Gasteiger charge is 2.08. The minimum atomic E-state index is -0.921. The number of halogens is 2. The summed E-state index contributed by atoms with van der Waals surface area (Å²) in [7, 11) is 1.60. The van der Waals surface area contributed by atoms with Crippen molar-refractivity contribution in [1.29, 1.82) is 0 Å². The molecule has 0 atom stereocenters. The molecule has 0 spiro atoms. The van der Waals surface area contributed by atoms with E-state index in [1.165, 1.54) is 6.07 Å². The van der Waals surface area contributed by atoms with Gasteiger partial charge in [-0.25, -0.2) is 8.78 Å². The number of Topliss-reactive ketones (excluding diaryl/α,β-unsaturated/α-hetero) is 1. The zero-order valence-electron chi connectivity index (χ0n) is 11.7. The molecule has 0 saturated heterocycles. The van der Waals surface area contributed by atoms with Gasteiger partial charge in [0.25, 0.3) is 0 Å². The van der Waals surface area contributed by atoms with E-state index in [0.29, 0.717) is 18.4 Å². The molecule has 0 heterocycles. The third kappa shape index (κ3) is 4.38. The molecule has 0 unspecified atom stereocenters. The zero-order valence-corrected chi connectivity index (χ0v) is 11.7. The van der Waals surface area contributed by atoms with Crippen molar-refractivity contribution in [2.24, 2.45) is 0 Å². The van der Waals surface area contributed by atoms with Crippen LogP contribution in [0.1, 0.15) is 17.5 Å². The Morgan fingerprint density at radius 3 is 2.29 bits per heavy atom. The SMILES string of the molecule is COc1ccc(CCC(=O)Cc2ccc(F)c(F)c2)cc1. The lowest BCUT2D eigenvalue weighted by molar-refractivity contribution is -0.118. The summed E-state index contributed by atoms with van der Waals surface area (Å²) in [5.74, 6) is -1.05. The van der Waals surface area contributed by atoms with Crippen molar-refractivity contribution in [2.45, 2.75) is 19.3 Å². The van der Waals surface area contributed by atoms with E-state index in [-0.39, 0.29) is 12.2 Å². The van der Waals surface area contributed by atoms with Gasteiger partial charge in [0.05, 0.1) is 7.11 Å². The van der Waals surface area contributed by atoms with Crippen LogP contribution in [0.3, 0.4) is 0 Å². The lowest BCUT2D eigenvalue weighted by atomic mass is 10.0. The molecule has 0 saturated carbocycles. The Morgan fingerprint density at radius 1 is 1.00 bits per heavy atom. The smallest absolute Gasteiger partial charge is 0.159 e. The van der Waals surface area contributed by atoms with Crippen molar-refractivity contribution >= 4 is 5.78 Å². The molecule has 21 heavy (non-hydrogen) atoms. The number of hydrogen-bond donors (Lipinski definition) is 0. The molecule has 110 valence electrons. The van der Waals surface area contributed by atoms with Crippen molar-refractivity contribution in [3.8, 4) is 5.75 Å². The summed E-state index contributed by atoms with van der Waals surface area (Å²) in [6.45, 7) is 0. The van der Waals surface area contributed by atoms with E-state index >= 15 is 0 Å². The van der Waals surface area contributed by atoms with Crippen LogP contribution < -0.4 is 4.74 Å². The summed E-state index contributed by atoms with van der Waals surface area (Å²) in [5, 5.41) is 0. The van der Waals surface area contributed by atoms with Crippen LogP contribution in [0.15, 0.2) is 42.5 Å². The van der Waals surface area contributed by atoms with Gasteiger partial charge in [-0.2, -0.15) is 0 Å². The van der Waals surface area contributed by atoms with E-state index in [9.17, 15) is 13.6 Å². The molecule has 0 aliphatic heterocycles. The third-order valence-corrected chi connectivity index (χ3v) is 3.24. The van der Waals surface area contributed by atoms with Gasteiger partial charge < -0.3 is 4.74 Å². The first kappa shape index (κ1) is 15.2. The first-order valence-electron chi connectivity index (χ1n) is 6.67. The maximum atomic E-state index is 13.1. The van der Waals surface area contributed by atoms with E-state index < -0.39 is 11.6 Å². The standard InChI is InChI=1S/C17H16F2O2/c1-21-15-7-3-12(4-8-15)2-6-14(20)10-13-5-9-16(18)17(19)11-13/h3-5,7-9,11H,2,6,10H2,1H3. The number of methoxy groups -OCH3 is 1. The molecule has 0 radical (unpaired) electrons. The molecular formula is C17H16F2O2. The second-order valence-electron chi connectivity index (χ2n) is 4.81. The highest BCUT2D eigenvalue weighted by molar-refractivity contribution is 5.81. The first-order valence-corrected chi connectivity index (χ1v) is 6.67. The van der Waals surface area contributed by atoms with Gasteiger partial charge in [-0.1, -0.05) is 18.2 Å². The van der Waals surface area contributed by atoms with Gasteiger partial charge >= 0.3 is 0 Å². The summed E-state index contributed by atoms with van der Waals surface area (Å²) >= 11 is 0. The molecular weight excluding hydrogens is 274 g/mol. The summed E-state index contributed by atoms with van der Waals surface area (Å²) in [4.78, 5) is 11.9. The topological polar surface area (TPSA) is 26.3 Å². The van der Waals surface area contributed by atoms with E-state index in [1.54, 1.807) is 7.11 Å². The molecule has 0 amide bonds. The molecule has 2 aromatic carbocycles. The van der Waals surface area contributed by atoms with E-state index in [1.807, 2.05) is 24.3 Å². The Hall–Kier alpha value is -2.23. The molecule has 0 bridgehead atoms. The Bertz CT molecular complexity index is 621. The van der Waals surface area contributed by atoms with Gasteiger partial charge in [-0.05, 0) is 41.8 Å². The van der Waals surface area contributed by atoms with Crippen LogP contribution >= 0.6 is 0 Å². The van der Waals surface area contributed by atoms with E-state index in [0.717, 1.165) is 23.4 Å². The average molecular weight is 290 g/mol. The third-order valence-electron chi connectivity index (χ3n) is 3.24. The Morgan fingerprint density at radius 2 is 1.67 bits per heavy atom. The van der Waals surface area contributed by atoms with Gasteiger partial charge in [0.15, 0.2) is 11.6 Å². The maximum absolute atomic E-state index is 13.1. The van der Waals surface area contributed by atoms with Crippen LogP contribution in [-0.4, -0.2) is 12.9 Å². The summed E-state index contributed by atoms with van der Waals surface area (Å²) in [6, 6.07) is 11.0. The van der Waals surface area contributed by atoms with Gasteiger partial charge in [-0.15, -0.1) is 0 Å². The molecule has 0 aromatic heterocycles. The predicted octanol–water partition coefficient (Wildman–Crippen LogP) is 3.72. The number of benzene rings is 2. The fourth-order valence-corrected chi connectivity index (χ4v) is 2.04. The molecule has 0 N–H and O–H groups in total. The number of ether oxygens (including phenoxy) is 1. The largest absolute Gasteiger partial charge is 0.497 e. The minimum Gasteiger partial charge on any atom is -0.497 e. The number of hydrogen-bond acceptors (Lipinski definition) is 2. The maximum Gasteiger partial charge on any atom is 0.159 e. The van der Waals surface area contributed by atoms with Gasteiger partial charge in [0.2, 0.25) is 0 Å².